The molecule has 19 heavy (non-hydrogen) atoms. The highest BCUT2D eigenvalue weighted by Crippen LogP contribution is 2.50. The second-order valence-corrected chi connectivity index (χ2v) is 6.11. The molecule has 1 heterocycles. The van der Waals surface area contributed by atoms with Crippen molar-refractivity contribution in [1.29, 1.82) is 0 Å². The number of ether oxygens (including phenoxy) is 1. The monoisotopic (exact) mass is 259 g/mol. The first-order valence-electron chi connectivity index (χ1n) is 7.72. The average Bonchev–Trinajstić information content (AvgIpc) is 3.08. The van der Waals surface area contributed by atoms with Gasteiger partial charge in [-0.25, -0.2) is 0 Å². The van der Waals surface area contributed by atoms with Crippen LogP contribution in [0.3, 0.4) is 0 Å². The van der Waals surface area contributed by atoms with Crippen molar-refractivity contribution in [2.75, 3.05) is 13.7 Å². The molecule has 0 saturated heterocycles. The van der Waals surface area contributed by atoms with Gasteiger partial charge in [0.05, 0.1) is 6.61 Å². The molecule has 1 fully saturated rings. The third kappa shape index (κ3) is 2.16. The summed E-state index contributed by atoms with van der Waals surface area (Å²) < 4.78 is 5.62. The number of rotatable bonds is 4. The van der Waals surface area contributed by atoms with Gasteiger partial charge in [0, 0.05) is 12.5 Å². The average molecular weight is 259 g/mol. The Morgan fingerprint density at radius 3 is 2.79 bits per heavy atom. The van der Waals surface area contributed by atoms with Crippen LogP contribution in [0.5, 0.6) is 5.75 Å². The SMILES string of the molecule is CCC1(C(NC)c2ccc3c(c2)CCO3)CCCC1. The number of fused-ring (bicyclic) bond motifs is 1. The third-order valence-corrected chi connectivity index (χ3v) is 5.25. The van der Waals surface area contributed by atoms with Crippen molar-refractivity contribution < 1.29 is 4.74 Å². The molecular formula is C17H25NO. The highest BCUT2D eigenvalue weighted by Gasteiger charge is 2.40. The fourth-order valence-electron chi connectivity index (χ4n) is 4.14. The molecule has 0 amide bonds. The minimum atomic E-state index is 0.461. The van der Waals surface area contributed by atoms with Crippen LogP contribution >= 0.6 is 0 Å². The van der Waals surface area contributed by atoms with E-state index in [1.807, 2.05) is 0 Å². The summed E-state index contributed by atoms with van der Waals surface area (Å²) in [5.74, 6) is 1.09. The number of hydrogen-bond acceptors (Lipinski definition) is 2. The standard InChI is InChI=1S/C17H25NO/c1-3-17(9-4-5-10-17)16(18-2)14-6-7-15-13(12-14)8-11-19-15/h6-7,12,16,18H,3-5,8-11H2,1-2H3. The van der Waals surface area contributed by atoms with E-state index in [2.05, 4.69) is 37.5 Å². The zero-order valence-electron chi connectivity index (χ0n) is 12.2. The summed E-state index contributed by atoms with van der Waals surface area (Å²) in [6.07, 6.45) is 7.84. The molecule has 2 nitrogen and oxygen atoms in total. The van der Waals surface area contributed by atoms with Gasteiger partial charge in [0.2, 0.25) is 0 Å². The molecule has 1 aliphatic heterocycles. The summed E-state index contributed by atoms with van der Waals surface area (Å²) in [5.41, 5.74) is 3.31. The molecule has 3 rings (SSSR count). The maximum atomic E-state index is 5.62. The molecule has 1 atom stereocenters. The van der Waals surface area contributed by atoms with E-state index in [-0.39, 0.29) is 0 Å². The van der Waals surface area contributed by atoms with E-state index in [1.165, 1.54) is 43.2 Å². The van der Waals surface area contributed by atoms with Crippen LogP contribution in [0, 0.1) is 5.41 Å². The van der Waals surface area contributed by atoms with Gasteiger partial charge in [-0.1, -0.05) is 31.9 Å². The molecule has 0 aromatic heterocycles. The predicted molar refractivity (Wildman–Crippen MR) is 78.6 cm³/mol. The lowest BCUT2D eigenvalue weighted by Gasteiger charge is -2.37. The van der Waals surface area contributed by atoms with Crippen molar-refractivity contribution in [1.82, 2.24) is 5.32 Å². The molecule has 1 aliphatic carbocycles. The molecule has 0 bridgehead atoms. The second kappa shape index (κ2) is 5.16. The number of nitrogens with one attached hydrogen (secondary N) is 1. The Morgan fingerprint density at radius 2 is 2.11 bits per heavy atom. The molecule has 1 N–H and O–H groups in total. The Bertz CT molecular complexity index is 449. The Balaban J connectivity index is 1.93. The fourth-order valence-corrected chi connectivity index (χ4v) is 4.14. The summed E-state index contributed by atoms with van der Waals surface area (Å²) in [7, 11) is 2.12. The van der Waals surface area contributed by atoms with Gasteiger partial charge in [-0.15, -0.1) is 0 Å². The van der Waals surface area contributed by atoms with Crippen molar-refractivity contribution in [3.8, 4) is 5.75 Å². The Morgan fingerprint density at radius 1 is 1.32 bits per heavy atom. The lowest BCUT2D eigenvalue weighted by Crippen LogP contribution is -2.34. The quantitative estimate of drug-likeness (QED) is 0.886. The minimum Gasteiger partial charge on any atom is -0.493 e. The number of benzene rings is 1. The molecule has 104 valence electrons. The smallest absolute Gasteiger partial charge is 0.122 e. The van der Waals surface area contributed by atoms with Gasteiger partial charge in [0.25, 0.3) is 0 Å². The van der Waals surface area contributed by atoms with Gasteiger partial charge in [0.1, 0.15) is 5.75 Å². The van der Waals surface area contributed by atoms with E-state index in [9.17, 15) is 0 Å². The maximum Gasteiger partial charge on any atom is 0.122 e. The van der Waals surface area contributed by atoms with Crippen LogP contribution in [-0.4, -0.2) is 13.7 Å². The minimum absolute atomic E-state index is 0.461. The van der Waals surface area contributed by atoms with Crippen molar-refractivity contribution in [3.63, 3.8) is 0 Å². The normalized spacial score (nSPS) is 22.0. The molecule has 2 heteroatoms. The third-order valence-electron chi connectivity index (χ3n) is 5.25. The van der Waals surface area contributed by atoms with Crippen LogP contribution in [0.25, 0.3) is 0 Å². The zero-order chi connectivity index (χ0) is 13.3. The molecule has 1 aromatic rings. The van der Waals surface area contributed by atoms with Crippen molar-refractivity contribution >= 4 is 0 Å². The summed E-state index contributed by atoms with van der Waals surface area (Å²) in [6.45, 7) is 3.20. The Hall–Kier alpha value is -1.02. The van der Waals surface area contributed by atoms with Crippen LogP contribution < -0.4 is 10.1 Å². The van der Waals surface area contributed by atoms with Crippen LogP contribution in [0.15, 0.2) is 18.2 Å². The zero-order valence-corrected chi connectivity index (χ0v) is 12.2. The topological polar surface area (TPSA) is 21.3 Å². The number of hydrogen-bond donors (Lipinski definition) is 1. The van der Waals surface area contributed by atoms with Crippen molar-refractivity contribution in [2.24, 2.45) is 5.41 Å². The van der Waals surface area contributed by atoms with E-state index in [0.29, 0.717) is 11.5 Å². The first kappa shape index (κ1) is 13.0. The van der Waals surface area contributed by atoms with E-state index >= 15 is 0 Å². The summed E-state index contributed by atoms with van der Waals surface area (Å²) in [4.78, 5) is 0. The Kier molecular flexibility index (Phi) is 3.53. The Labute approximate surface area is 116 Å². The van der Waals surface area contributed by atoms with Crippen LogP contribution in [-0.2, 0) is 6.42 Å². The molecule has 1 unspecified atom stereocenters. The van der Waals surface area contributed by atoms with E-state index < -0.39 is 0 Å². The summed E-state index contributed by atoms with van der Waals surface area (Å²) in [5, 5.41) is 3.60. The fraction of sp³-hybridized carbons (Fsp3) is 0.647. The molecule has 1 aromatic carbocycles. The van der Waals surface area contributed by atoms with Crippen LogP contribution in [0.1, 0.15) is 56.2 Å². The van der Waals surface area contributed by atoms with Gasteiger partial charge in [-0.05, 0) is 48.9 Å². The molecule has 1 saturated carbocycles. The van der Waals surface area contributed by atoms with Crippen molar-refractivity contribution in [2.45, 2.75) is 51.5 Å². The van der Waals surface area contributed by atoms with Gasteiger partial charge >= 0.3 is 0 Å². The van der Waals surface area contributed by atoms with Gasteiger partial charge < -0.3 is 10.1 Å². The van der Waals surface area contributed by atoms with Crippen molar-refractivity contribution in [3.05, 3.63) is 29.3 Å². The van der Waals surface area contributed by atoms with Crippen LogP contribution in [0.4, 0.5) is 0 Å². The second-order valence-electron chi connectivity index (χ2n) is 6.11. The molecular weight excluding hydrogens is 234 g/mol. The van der Waals surface area contributed by atoms with E-state index in [0.717, 1.165) is 18.8 Å². The lowest BCUT2D eigenvalue weighted by molar-refractivity contribution is 0.195. The molecule has 0 spiro atoms. The molecule has 2 aliphatic rings. The van der Waals surface area contributed by atoms with Crippen LogP contribution in [0.2, 0.25) is 0 Å². The molecule has 0 radical (unpaired) electrons. The van der Waals surface area contributed by atoms with Gasteiger partial charge in [-0.2, -0.15) is 0 Å². The predicted octanol–water partition coefficient (Wildman–Crippen LogP) is 3.85. The van der Waals surface area contributed by atoms with Gasteiger partial charge in [-0.3, -0.25) is 0 Å². The summed E-state index contributed by atoms with van der Waals surface area (Å²) >= 11 is 0. The van der Waals surface area contributed by atoms with E-state index in [4.69, 9.17) is 4.74 Å². The van der Waals surface area contributed by atoms with Gasteiger partial charge in [0.15, 0.2) is 0 Å². The highest BCUT2D eigenvalue weighted by atomic mass is 16.5. The first-order chi connectivity index (χ1) is 9.29. The lowest BCUT2D eigenvalue weighted by atomic mass is 9.73. The highest BCUT2D eigenvalue weighted by molar-refractivity contribution is 5.41. The largest absolute Gasteiger partial charge is 0.493 e. The van der Waals surface area contributed by atoms with E-state index in [1.54, 1.807) is 0 Å². The summed E-state index contributed by atoms with van der Waals surface area (Å²) in [6, 6.07) is 7.30. The maximum absolute atomic E-state index is 5.62. The first-order valence-corrected chi connectivity index (χ1v) is 7.72.